The summed E-state index contributed by atoms with van der Waals surface area (Å²) in [5.41, 5.74) is 0. The van der Waals surface area contributed by atoms with Gasteiger partial charge in [-0.25, -0.2) is 4.18 Å². The third-order valence-electron chi connectivity index (χ3n) is 11.6. The summed E-state index contributed by atoms with van der Waals surface area (Å²) in [6.07, 6.45) is 32.0. The van der Waals surface area contributed by atoms with Crippen LogP contribution in [0.5, 0.6) is 0 Å². The molecule has 7 atom stereocenters. The van der Waals surface area contributed by atoms with Crippen molar-refractivity contribution in [3.8, 4) is 0 Å². The van der Waals surface area contributed by atoms with E-state index in [0.29, 0.717) is 12.8 Å². The maximum Gasteiger partial charge on any atom is 0.397 e. The minimum atomic E-state index is -5.07. The van der Waals surface area contributed by atoms with Gasteiger partial charge in [-0.2, -0.15) is 8.42 Å². The second-order valence-electron chi connectivity index (χ2n) is 17.0. The van der Waals surface area contributed by atoms with E-state index in [1.54, 1.807) is 0 Å². The van der Waals surface area contributed by atoms with Crippen molar-refractivity contribution < 1.29 is 51.8 Å². The Morgan fingerprint density at radius 2 is 1.08 bits per heavy atom. The number of rotatable bonds is 41. The molecule has 1 aliphatic heterocycles. The number of hydrogen-bond acceptors (Lipinski definition) is 10. The Morgan fingerprint density at radius 3 is 1.53 bits per heavy atom. The number of allylic oxidation sites excluding steroid dienone is 2. The van der Waals surface area contributed by atoms with Gasteiger partial charge >= 0.3 is 10.4 Å². The summed E-state index contributed by atoms with van der Waals surface area (Å²) in [5.74, 6) is -0.233. The Balaban J connectivity index is 2.48. The molecule has 1 fully saturated rings. The summed E-state index contributed by atoms with van der Waals surface area (Å²) < 4.78 is 47.7. The SMILES string of the molecule is CCCCCCCC/C=C\CCCCCCCCCC(=O)NC(COC1OC(CO)C(O)C(OS(=O)(=O)O)C1O)C(O)CCCCCCCCCCCCCCCCC. The van der Waals surface area contributed by atoms with E-state index in [9.17, 15) is 38.2 Å². The van der Waals surface area contributed by atoms with Gasteiger partial charge in [0.2, 0.25) is 5.91 Å². The highest BCUT2D eigenvalue weighted by Crippen LogP contribution is 2.26. The topological polar surface area (TPSA) is 192 Å². The average molecular weight is 864 g/mol. The van der Waals surface area contributed by atoms with Crippen molar-refractivity contribution in [2.75, 3.05) is 13.2 Å². The van der Waals surface area contributed by atoms with Crippen LogP contribution in [0.2, 0.25) is 0 Å². The first-order chi connectivity index (χ1) is 28.5. The number of aliphatic hydroxyl groups is 4. The van der Waals surface area contributed by atoms with E-state index in [0.717, 1.165) is 51.4 Å². The van der Waals surface area contributed by atoms with Crippen LogP contribution in [0.25, 0.3) is 0 Å². The fraction of sp³-hybridized carbons (Fsp3) is 0.935. The minimum Gasteiger partial charge on any atom is -0.394 e. The van der Waals surface area contributed by atoms with Crippen molar-refractivity contribution >= 4 is 16.3 Å². The molecule has 12 nitrogen and oxygen atoms in total. The molecule has 13 heteroatoms. The summed E-state index contributed by atoms with van der Waals surface area (Å²) in [7, 11) is -5.07. The van der Waals surface area contributed by atoms with Crippen LogP contribution in [0.4, 0.5) is 0 Å². The zero-order valence-corrected chi connectivity index (χ0v) is 38.1. The largest absolute Gasteiger partial charge is 0.397 e. The van der Waals surface area contributed by atoms with Crippen LogP contribution in [0, 0.1) is 0 Å². The molecule has 1 aliphatic rings. The third-order valence-corrected chi connectivity index (χ3v) is 12.0. The van der Waals surface area contributed by atoms with Crippen LogP contribution in [0.15, 0.2) is 12.2 Å². The van der Waals surface area contributed by atoms with E-state index in [4.69, 9.17) is 9.47 Å². The lowest BCUT2D eigenvalue weighted by Gasteiger charge is -2.41. The molecule has 0 saturated carbocycles. The number of ether oxygens (including phenoxy) is 2. The van der Waals surface area contributed by atoms with E-state index < -0.39 is 59.9 Å². The van der Waals surface area contributed by atoms with Gasteiger partial charge in [-0.05, 0) is 38.5 Å². The first kappa shape index (κ1) is 55.9. The average Bonchev–Trinajstić information content (AvgIpc) is 3.20. The minimum absolute atomic E-state index is 0.233. The molecular formula is C46H89NO11S. The number of carbonyl (C=O) groups excluding carboxylic acids is 1. The monoisotopic (exact) mass is 864 g/mol. The van der Waals surface area contributed by atoms with Gasteiger partial charge in [0.15, 0.2) is 6.29 Å². The van der Waals surface area contributed by atoms with Crippen molar-refractivity contribution in [2.24, 2.45) is 0 Å². The van der Waals surface area contributed by atoms with E-state index in [1.807, 2.05) is 0 Å². The highest BCUT2D eigenvalue weighted by molar-refractivity contribution is 7.80. The van der Waals surface area contributed by atoms with E-state index >= 15 is 0 Å². The Morgan fingerprint density at radius 1 is 0.661 bits per heavy atom. The lowest BCUT2D eigenvalue weighted by atomic mass is 9.99. The molecular weight excluding hydrogens is 775 g/mol. The van der Waals surface area contributed by atoms with Crippen LogP contribution < -0.4 is 5.32 Å². The predicted octanol–water partition coefficient (Wildman–Crippen LogP) is 9.55. The van der Waals surface area contributed by atoms with Gasteiger partial charge in [0, 0.05) is 6.42 Å². The lowest BCUT2D eigenvalue weighted by Crippen LogP contribution is -2.61. The van der Waals surface area contributed by atoms with Crippen molar-refractivity contribution in [1.82, 2.24) is 5.32 Å². The fourth-order valence-electron chi connectivity index (χ4n) is 7.81. The van der Waals surface area contributed by atoms with Crippen LogP contribution in [-0.2, 0) is 28.9 Å². The van der Waals surface area contributed by atoms with Gasteiger partial charge in [0.25, 0.3) is 0 Å². The molecule has 0 bridgehead atoms. The summed E-state index contributed by atoms with van der Waals surface area (Å²) in [4.78, 5) is 13.1. The van der Waals surface area contributed by atoms with E-state index in [-0.39, 0.29) is 18.9 Å². The van der Waals surface area contributed by atoms with Crippen molar-refractivity contribution in [2.45, 2.75) is 262 Å². The molecule has 0 radical (unpaired) electrons. The smallest absolute Gasteiger partial charge is 0.394 e. The normalized spacial score (nSPS) is 21.0. The Labute approximate surface area is 360 Å². The first-order valence-electron chi connectivity index (χ1n) is 24.1. The van der Waals surface area contributed by atoms with Gasteiger partial charge in [-0.1, -0.05) is 187 Å². The van der Waals surface area contributed by atoms with Gasteiger partial charge < -0.3 is 35.2 Å². The molecule has 7 unspecified atom stereocenters. The molecule has 350 valence electrons. The first-order valence-corrected chi connectivity index (χ1v) is 25.4. The second kappa shape index (κ2) is 37.4. The van der Waals surface area contributed by atoms with Crippen molar-refractivity contribution in [3.05, 3.63) is 12.2 Å². The third kappa shape index (κ3) is 30.5. The zero-order chi connectivity index (χ0) is 43.4. The molecule has 0 spiro atoms. The van der Waals surface area contributed by atoms with Gasteiger partial charge in [-0.15, -0.1) is 0 Å². The Hall–Kier alpha value is -1.16. The molecule has 6 N–H and O–H groups in total. The Kier molecular flexibility index (Phi) is 35.4. The van der Waals surface area contributed by atoms with Crippen molar-refractivity contribution in [3.63, 3.8) is 0 Å². The standard InChI is InChI=1S/C46H89NO11S/c1-3-5-7-9-11-13-15-17-19-20-22-24-26-28-30-32-34-36-42(50)47-39(38-56-46-44(52)45(58-59(53,54)55)43(51)41(37-48)57-46)40(49)35-33-31-29-27-25-23-21-18-16-14-12-10-8-6-4-2/h17,19,39-41,43-46,48-49,51-52H,3-16,18,20-38H2,1-2H3,(H,47,50)(H,53,54,55)/b19-17-. The number of unbranched alkanes of at least 4 members (excludes halogenated alkanes) is 27. The van der Waals surface area contributed by atoms with E-state index in [2.05, 4.69) is 35.5 Å². The predicted molar refractivity (Wildman–Crippen MR) is 236 cm³/mol. The van der Waals surface area contributed by atoms with Crippen LogP contribution in [0.3, 0.4) is 0 Å². The molecule has 0 aromatic rings. The van der Waals surface area contributed by atoms with Gasteiger partial charge in [0.1, 0.15) is 24.4 Å². The summed E-state index contributed by atoms with van der Waals surface area (Å²) in [6, 6.07) is -0.856. The number of hydrogen-bond donors (Lipinski definition) is 6. The molecule has 1 saturated heterocycles. The van der Waals surface area contributed by atoms with Gasteiger partial charge in [0.05, 0.1) is 25.4 Å². The quantitative estimate of drug-likeness (QED) is 0.0195. The second-order valence-corrected chi connectivity index (χ2v) is 18.1. The molecule has 1 amide bonds. The highest BCUT2D eigenvalue weighted by Gasteiger charge is 2.48. The zero-order valence-electron chi connectivity index (χ0n) is 37.3. The van der Waals surface area contributed by atoms with Crippen LogP contribution in [0.1, 0.15) is 219 Å². The molecule has 0 aromatic heterocycles. The molecule has 59 heavy (non-hydrogen) atoms. The maximum atomic E-state index is 13.1. The maximum absolute atomic E-state index is 13.1. The summed E-state index contributed by atoms with van der Waals surface area (Å²) in [6.45, 7) is 3.45. The molecule has 1 heterocycles. The summed E-state index contributed by atoms with van der Waals surface area (Å²) >= 11 is 0. The van der Waals surface area contributed by atoms with Crippen molar-refractivity contribution in [1.29, 1.82) is 0 Å². The Bertz CT molecular complexity index is 1110. The number of aliphatic hydroxyl groups excluding tert-OH is 4. The lowest BCUT2D eigenvalue weighted by molar-refractivity contribution is -0.298. The molecule has 0 aromatic carbocycles. The van der Waals surface area contributed by atoms with Gasteiger partial charge in [-0.3, -0.25) is 9.35 Å². The number of nitrogens with one attached hydrogen (secondary N) is 1. The highest BCUT2D eigenvalue weighted by atomic mass is 32.3. The van der Waals surface area contributed by atoms with Crippen LogP contribution >= 0.6 is 0 Å². The van der Waals surface area contributed by atoms with E-state index in [1.165, 1.54) is 135 Å². The van der Waals surface area contributed by atoms with Crippen LogP contribution in [-0.4, -0.2) is 95.4 Å². The molecule has 0 aliphatic carbocycles. The number of amides is 1. The fourth-order valence-corrected chi connectivity index (χ4v) is 8.32. The molecule has 1 rings (SSSR count). The summed E-state index contributed by atoms with van der Waals surface area (Å²) in [5, 5.41) is 44.9. The number of carbonyl (C=O) groups is 1.